The first-order chi connectivity index (χ1) is 15.2. The number of nitrogens with one attached hydrogen (secondary N) is 1. The molecular formula is C25H31N5O. The van der Waals surface area contributed by atoms with Crippen molar-refractivity contribution >= 4 is 16.9 Å². The number of aromatic nitrogens is 3. The fourth-order valence-electron chi connectivity index (χ4n) is 5.80. The Morgan fingerprint density at radius 3 is 2.65 bits per heavy atom. The summed E-state index contributed by atoms with van der Waals surface area (Å²) in [7, 11) is 0. The van der Waals surface area contributed by atoms with E-state index in [2.05, 4.69) is 25.8 Å². The number of H-pyrrole nitrogens is 1. The van der Waals surface area contributed by atoms with Crippen LogP contribution in [0.5, 0.6) is 11.5 Å². The third-order valence-corrected chi connectivity index (χ3v) is 7.78. The molecule has 0 unspecified atom stereocenters. The molecule has 2 saturated heterocycles. The van der Waals surface area contributed by atoms with Crippen molar-refractivity contribution in [1.82, 2.24) is 19.9 Å². The van der Waals surface area contributed by atoms with Gasteiger partial charge in [-0.15, -0.1) is 0 Å². The van der Waals surface area contributed by atoms with Crippen molar-refractivity contribution < 1.29 is 4.74 Å². The number of hydrogen-bond donors (Lipinski definition) is 1. The number of anilines is 1. The Balaban J connectivity index is 1.12. The van der Waals surface area contributed by atoms with Gasteiger partial charge in [0.25, 0.3) is 0 Å². The van der Waals surface area contributed by atoms with E-state index in [0.717, 1.165) is 53.0 Å². The van der Waals surface area contributed by atoms with E-state index in [4.69, 9.17) is 9.72 Å². The molecule has 0 aromatic carbocycles. The summed E-state index contributed by atoms with van der Waals surface area (Å²) in [6.45, 7) is 6.90. The smallest absolute Gasteiger partial charge is 0.146 e. The van der Waals surface area contributed by atoms with Gasteiger partial charge in [-0.3, -0.25) is 0 Å². The first-order valence-electron chi connectivity index (χ1n) is 11.7. The monoisotopic (exact) mass is 417 g/mol. The van der Waals surface area contributed by atoms with Gasteiger partial charge in [0.05, 0.1) is 6.20 Å². The van der Waals surface area contributed by atoms with Crippen molar-refractivity contribution in [3.8, 4) is 11.5 Å². The highest BCUT2D eigenvalue weighted by molar-refractivity contribution is 5.76. The lowest BCUT2D eigenvalue weighted by molar-refractivity contribution is -0.00654. The normalized spacial score (nSPS) is 21.6. The molecule has 6 heteroatoms. The van der Waals surface area contributed by atoms with Gasteiger partial charge in [0.15, 0.2) is 0 Å². The van der Waals surface area contributed by atoms with Crippen LogP contribution in [0.15, 0.2) is 36.8 Å². The molecule has 2 aliphatic heterocycles. The zero-order chi connectivity index (χ0) is 20.8. The lowest BCUT2D eigenvalue weighted by Gasteiger charge is -2.55. The summed E-state index contributed by atoms with van der Waals surface area (Å²) in [5.74, 6) is 2.65. The van der Waals surface area contributed by atoms with E-state index in [0.29, 0.717) is 5.41 Å². The van der Waals surface area contributed by atoms with Crippen molar-refractivity contribution in [2.24, 2.45) is 5.41 Å². The molecule has 1 aliphatic carbocycles. The van der Waals surface area contributed by atoms with Crippen LogP contribution in [0.1, 0.15) is 44.1 Å². The van der Waals surface area contributed by atoms with Crippen molar-refractivity contribution in [3.63, 3.8) is 0 Å². The second kappa shape index (κ2) is 7.52. The first-order valence-corrected chi connectivity index (χ1v) is 11.7. The van der Waals surface area contributed by atoms with Crippen LogP contribution in [-0.4, -0.2) is 52.1 Å². The van der Waals surface area contributed by atoms with E-state index in [9.17, 15) is 0 Å². The lowest BCUT2D eigenvalue weighted by Crippen LogP contribution is -2.54. The number of aromatic amines is 1. The van der Waals surface area contributed by atoms with Crippen molar-refractivity contribution in [2.45, 2.75) is 51.5 Å². The van der Waals surface area contributed by atoms with Gasteiger partial charge in [0.1, 0.15) is 23.0 Å². The van der Waals surface area contributed by atoms with Crippen LogP contribution < -0.4 is 9.64 Å². The Bertz CT molecular complexity index is 1070. The lowest BCUT2D eigenvalue weighted by atomic mass is 9.60. The number of nitrogens with zero attached hydrogens (tertiary/aromatic N) is 4. The maximum absolute atomic E-state index is 6.21. The highest BCUT2D eigenvalue weighted by Crippen LogP contribution is 2.51. The molecule has 3 aromatic rings. The van der Waals surface area contributed by atoms with Crippen molar-refractivity contribution in [1.29, 1.82) is 0 Å². The summed E-state index contributed by atoms with van der Waals surface area (Å²) in [4.78, 5) is 17.5. The van der Waals surface area contributed by atoms with Crippen LogP contribution in [0.25, 0.3) is 11.0 Å². The van der Waals surface area contributed by atoms with Crippen LogP contribution in [0.3, 0.4) is 0 Å². The predicted octanol–water partition coefficient (Wildman–Crippen LogP) is 4.90. The van der Waals surface area contributed by atoms with E-state index >= 15 is 0 Å². The van der Waals surface area contributed by atoms with Crippen molar-refractivity contribution in [3.05, 3.63) is 42.4 Å². The molecule has 1 N–H and O–H groups in total. The number of ether oxygens (including phenoxy) is 1. The number of pyridine rings is 2. The van der Waals surface area contributed by atoms with Crippen LogP contribution in [0.4, 0.5) is 5.82 Å². The molecule has 3 aliphatic rings. The van der Waals surface area contributed by atoms with Gasteiger partial charge in [-0.1, -0.05) is 0 Å². The van der Waals surface area contributed by atoms with Crippen LogP contribution in [0, 0.1) is 12.3 Å². The molecule has 3 aromatic heterocycles. The second-order valence-corrected chi connectivity index (χ2v) is 9.79. The quantitative estimate of drug-likeness (QED) is 0.654. The highest BCUT2D eigenvalue weighted by Gasteiger charge is 2.48. The van der Waals surface area contributed by atoms with E-state index < -0.39 is 0 Å². The Labute approximate surface area is 183 Å². The van der Waals surface area contributed by atoms with E-state index in [1.165, 1.54) is 51.6 Å². The predicted molar refractivity (Wildman–Crippen MR) is 123 cm³/mol. The topological polar surface area (TPSA) is 57.3 Å². The fourth-order valence-corrected chi connectivity index (χ4v) is 5.80. The average molecular weight is 418 g/mol. The molecular weight excluding hydrogens is 386 g/mol. The molecule has 5 heterocycles. The van der Waals surface area contributed by atoms with Gasteiger partial charge >= 0.3 is 0 Å². The fraction of sp³-hybridized carbons (Fsp3) is 0.520. The summed E-state index contributed by atoms with van der Waals surface area (Å²) in [5, 5.41) is 1.05. The largest absolute Gasteiger partial charge is 0.455 e. The average Bonchev–Trinajstić information content (AvgIpc) is 3.45. The number of fused-ring (bicyclic) bond motifs is 1. The Morgan fingerprint density at radius 1 is 1.03 bits per heavy atom. The molecule has 0 amide bonds. The summed E-state index contributed by atoms with van der Waals surface area (Å²) in [6.07, 6.45) is 13.8. The molecule has 3 fully saturated rings. The van der Waals surface area contributed by atoms with Gasteiger partial charge < -0.3 is 19.5 Å². The van der Waals surface area contributed by atoms with E-state index in [-0.39, 0.29) is 0 Å². The van der Waals surface area contributed by atoms with E-state index in [1.54, 1.807) is 6.20 Å². The minimum absolute atomic E-state index is 0.589. The molecule has 1 spiro atoms. The number of rotatable bonds is 4. The van der Waals surface area contributed by atoms with Crippen LogP contribution in [0.2, 0.25) is 0 Å². The molecule has 6 nitrogen and oxygen atoms in total. The highest BCUT2D eigenvalue weighted by atomic mass is 16.5. The third kappa shape index (κ3) is 3.57. The molecule has 1 saturated carbocycles. The van der Waals surface area contributed by atoms with E-state index in [1.807, 2.05) is 31.5 Å². The summed E-state index contributed by atoms with van der Waals surface area (Å²) in [5.41, 5.74) is 2.51. The maximum Gasteiger partial charge on any atom is 0.146 e. The van der Waals surface area contributed by atoms with Gasteiger partial charge in [0, 0.05) is 48.5 Å². The summed E-state index contributed by atoms with van der Waals surface area (Å²) < 4.78 is 6.21. The number of likely N-dealkylation sites (tertiary alicyclic amines) is 1. The standard InChI is InChI=1S/C25H31N5O/c1-18-16-27-23(13-22(18)31-21-12-19-4-7-26-24(19)28-17-21)30-10-5-25(6-11-30)14-20(15-25)29-8-2-3-9-29/h4,7,12-13,16-17,20H,2-3,5-6,8-11,14-15H2,1H3,(H,26,28). The van der Waals surface area contributed by atoms with Crippen molar-refractivity contribution in [2.75, 3.05) is 31.1 Å². The molecule has 162 valence electrons. The molecule has 0 atom stereocenters. The summed E-state index contributed by atoms with van der Waals surface area (Å²) >= 11 is 0. The Morgan fingerprint density at radius 2 is 1.84 bits per heavy atom. The van der Waals surface area contributed by atoms with Gasteiger partial charge in [-0.25, -0.2) is 9.97 Å². The zero-order valence-corrected chi connectivity index (χ0v) is 18.3. The SMILES string of the molecule is Cc1cnc(N2CCC3(CC2)CC(N2CCCC2)C3)cc1Oc1cnc2[nH]ccc2c1. The minimum atomic E-state index is 0.589. The molecule has 31 heavy (non-hydrogen) atoms. The number of hydrogen-bond acceptors (Lipinski definition) is 5. The Kier molecular flexibility index (Phi) is 4.64. The molecule has 6 rings (SSSR count). The minimum Gasteiger partial charge on any atom is -0.455 e. The van der Waals surface area contributed by atoms with Gasteiger partial charge in [-0.2, -0.15) is 0 Å². The molecule has 0 radical (unpaired) electrons. The molecule has 0 bridgehead atoms. The third-order valence-electron chi connectivity index (χ3n) is 7.78. The van der Waals surface area contributed by atoms with Gasteiger partial charge in [0.2, 0.25) is 0 Å². The summed E-state index contributed by atoms with van der Waals surface area (Å²) in [6, 6.07) is 6.99. The van der Waals surface area contributed by atoms with Gasteiger partial charge in [-0.05, 0) is 76.1 Å². The number of piperidine rings is 1. The Hall–Kier alpha value is -2.60. The maximum atomic E-state index is 6.21. The van der Waals surface area contributed by atoms with Crippen LogP contribution in [-0.2, 0) is 0 Å². The second-order valence-electron chi connectivity index (χ2n) is 9.79. The zero-order valence-electron chi connectivity index (χ0n) is 18.3. The first kappa shape index (κ1) is 19.1. The van der Waals surface area contributed by atoms with Crippen LogP contribution >= 0.6 is 0 Å². The number of aryl methyl sites for hydroxylation is 1.